The number of benzene rings is 1. The minimum Gasteiger partial charge on any atom is -0.481 e. The highest BCUT2D eigenvalue weighted by atomic mass is 16.4. The van der Waals surface area contributed by atoms with Gasteiger partial charge in [0.2, 0.25) is 5.91 Å². The molecule has 0 bridgehead atoms. The van der Waals surface area contributed by atoms with Crippen LogP contribution in [-0.2, 0) is 16.6 Å². The molecule has 2 N–H and O–H groups in total. The topological polar surface area (TPSA) is 96.6 Å². The molecule has 1 aliphatic carbocycles. The summed E-state index contributed by atoms with van der Waals surface area (Å²) in [5, 5.41) is 17.0. The molecule has 2 atom stereocenters. The Hall–Kier alpha value is -2.96. The highest BCUT2D eigenvalue weighted by molar-refractivity contribution is 5.97. The molecule has 0 saturated heterocycles. The molecule has 7 nitrogen and oxygen atoms in total. The van der Waals surface area contributed by atoms with Crippen molar-refractivity contribution in [1.29, 1.82) is 0 Å². The van der Waals surface area contributed by atoms with Crippen LogP contribution in [0, 0.1) is 23.7 Å². The van der Waals surface area contributed by atoms with Gasteiger partial charge in [0, 0.05) is 30.9 Å². The zero-order valence-electron chi connectivity index (χ0n) is 17.6. The Morgan fingerprint density at radius 3 is 2.59 bits per heavy atom. The molecule has 1 saturated carbocycles. The van der Waals surface area contributed by atoms with Crippen LogP contribution in [0.15, 0.2) is 35.5 Å². The van der Waals surface area contributed by atoms with Crippen molar-refractivity contribution in [3.63, 3.8) is 0 Å². The van der Waals surface area contributed by atoms with E-state index in [4.69, 9.17) is 0 Å². The number of nitrogens with zero attached hydrogens (tertiary/aromatic N) is 3. The van der Waals surface area contributed by atoms with E-state index in [9.17, 15) is 14.7 Å². The minimum absolute atomic E-state index is 0.166. The molecule has 0 aliphatic heterocycles. The first-order valence-electron chi connectivity index (χ1n) is 9.74. The number of anilines is 1. The quantitative estimate of drug-likeness (QED) is 0.748. The van der Waals surface area contributed by atoms with Gasteiger partial charge in [-0.05, 0) is 44.2 Å². The van der Waals surface area contributed by atoms with Crippen LogP contribution in [-0.4, -0.2) is 33.0 Å². The zero-order chi connectivity index (χ0) is 21.4. The maximum absolute atomic E-state index is 13.1. The van der Waals surface area contributed by atoms with Crippen molar-refractivity contribution in [2.24, 2.45) is 28.8 Å². The third-order valence-electron chi connectivity index (χ3n) is 6.57. The number of carboxylic acids is 1. The number of carbonyl (C=O) groups is 2. The zero-order valence-corrected chi connectivity index (χ0v) is 17.6. The van der Waals surface area contributed by atoms with Crippen LogP contribution in [0.2, 0.25) is 0 Å². The predicted octanol–water partition coefficient (Wildman–Crippen LogP) is 3.94. The Kier molecular flexibility index (Phi) is 5.34. The van der Waals surface area contributed by atoms with Crippen LogP contribution in [0.25, 0.3) is 0 Å². The second-order valence-corrected chi connectivity index (χ2v) is 8.56. The first-order chi connectivity index (χ1) is 13.6. The van der Waals surface area contributed by atoms with Gasteiger partial charge in [0.05, 0.1) is 22.5 Å². The Bertz CT molecular complexity index is 976. The summed E-state index contributed by atoms with van der Waals surface area (Å²) in [7, 11) is 1.85. The molecular formula is C22H28N4O3. The summed E-state index contributed by atoms with van der Waals surface area (Å²) in [4.78, 5) is 29.4. The van der Waals surface area contributed by atoms with Gasteiger partial charge in [-0.15, -0.1) is 0 Å². The van der Waals surface area contributed by atoms with E-state index < -0.39 is 16.8 Å². The summed E-state index contributed by atoms with van der Waals surface area (Å²) >= 11 is 0. The van der Waals surface area contributed by atoms with Crippen molar-refractivity contribution in [3.8, 4) is 0 Å². The highest BCUT2D eigenvalue weighted by Crippen LogP contribution is 2.56. The van der Waals surface area contributed by atoms with Crippen LogP contribution in [0.4, 0.5) is 11.4 Å². The molecular weight excluding hydrogens is 368 g/mol. The number of aromatic nitrogens is 2. The fraction of sp³-hybridized carbons (Fsp3) is 0.455. The number of carbonyl (C=O) groups excluding carboxylic acids is 1. The van der Waals surface area contributed by atoms with Crippen LogP contribution in [0.5, 0.6) is 0 Å². The van der Waals surface area contributed by atoms with Crippen molar-refractivity contribution >= 4 is 29.5 Å². The maximum Gasteiger partial charge on any atom is 0.309 e. The van der Waals surface area contributed by atoms with E-state index in [1.165, 1.54) is 0 Å². The Morgan fingerprint density at radius 1 is 1.31 bits per heavy atom. The van der Waals surface area contributed by atoms with Crippen molar-refractivity contribution in [1.82, 2.24) is 9.78 Å². The fourth-order valence-electron chi connectivity index (χ4n) is 4.14. The van der Waals surface area contributed by atoms with Gasteiger partial charge in [-0.3, -0.25) is 19.3 Å². The standard InChI is InChI=1S/C22H28N4O3/c1-14-15(13-26(5)25-14)12-23-17-8-6-7-9-18(17)24-19(27)16-10-11-22(4,20(28)29)21(16,2)3/h6-9,12-13,16H,10-11H2,1-5H3,(H,24,27)(H,28,29)/t16-,22+/m1/s1. The van der Waals surface area contributed by atoms with Gasteiger partial charge in [-0.1, -0.05) is 26.0 Å². The third-order valence-corrected chi connectivity index (χ3v) is 6.57. The summed E-state index contributed by atoms with van der Waals surface area (Å²) in [6, 6.07) is 7.34. The van der Waals surface area contributed by atoms with E-state index in [-0.39, 0.29) is 11.8 Å². The molecule has 29 heavy (non-hydrogen) atoms. The van der Waals surface area contributed by atoms with Gasteiger partial charge in [0.1, 0.15) is 0 Å². The Morgan fingerprint density at radius 2 is 2.00 bits per heavy atom. The first-order valence-corrected chi connectivity index (χ1v) is 9.74. The van der Waals surface area contributed by atoms with Crippen LogP contribution in [0.3, 0.4) is 0 Å². The summed E-state index contributed by atoms with van der Waals surface area (Å²) in [5.41, 5.74) is 1.44. The second-order valence-electron chi connectivity index (χ2n) is 8.56. The molecule has 1 aliphatic rings. The number of aryl methyl sites for hydroxylation is 2. The average Bonchev–Trinajstić information content (AvgIpc) is 3.09. The molecule has 7 heteroatoms. The molecule has 2 aromatic rings. The van der Waals surface area contributed by atoms with Crippen LogP contribution in [0.1, 0.15) is 44.9 Å². The van der Waals surface area contributed by atoms with E-state index in [1.54, 1.807) is 23.9 Å². The molecule has 1 aromatic carbocycles. The molecule has 154 valence electrons. The average molecular weight is 396 g/mol. The van der Waals surface area contributed by atoms with E-state index in [0.717, 1.165) is 11.3 Å². The Labute approximate surface area is 170 Å². The van der Waals surface area contributed by atoms with Gasteiger partial charge in [-0.25, -0.2) is 0 Å². The summed E-state index contributed by atoms with van der Waals surface area (Å²) in [5.74, 6) is -1.41. The number of rotatable bonds is 5. The lowest BCUT2D eigenvalue weighted by Crippen LogP contribution is -2.43. The molecule has 3 rings (SSSR count). The van der Waals surface area contributed by atoms with Gasteiger partial charge < -0.3 is 10.4 Å². The SMILES string of the molecule is Cc1nn(C)cc1C=Nc1ccccc1NC(=O)[C@H]1CC[C@@](C)(C(=O)O)C1(C)C. The van der Waals surface area contributed by atoms with Crippen LogP contribution >= 0.6 is 0 Å². The number of para-hydroxylation sites is 2. The summed E-state index contributed by atoms with van der Waals surface area (Å²) in [6.07, 6.45) is 4.64. The van der Waals surface area contributed by atoms with Crippen molar-refractivity contribution in [2.45, 2.75) is 40.5 Å². The number of hydrogen-bond acceptors (Lipinski definition) is 4. The molecule has 1 amide bonds. The van der Waals surface area contributed by atoms with Crippen LogP contribution < -0.4 is 5.32 Å². The van der Waals surface area contributed by atoms with Gasteiger partial charge in [0.25, 0.3) is 0 Å². The lowest BCUT2D eigenvalue weighted by molar-refractivity contribution is -0.154. The van der Waals surface area contributed by atoms with Gasteiger partial charge in [-0.2, -0.15) is 5.10 Å². The highest BCUT2D eigenvalue weighted by Gasteiger charge is 2.58. The van der Waals surface area contributed by atoms with Crippen molar-refractivity contribution < 1.29 is 14.7 Å². The molecule has 0 unspecified atom stereocenters. The molecule has 0 radical (unpaired) electrons. The van der Waals surface area contributed by atoms with Gasteiger partial charge >= 0.3 is 5.97 Å². The monoisotopic (exact) mass is 396 g/mol. The minimum atomic E-state index is -0.926. The molecule has 0 spiro atoms. The number of hydrogen-bond donors (Lipinski definition) is 2. The van der Waals surface area contributed by atoms with E-state index in [2.05, 4.69) is 15.4 Å². The third kappa shape index (κ3) is 3.69. The van der Waals surface area contributed by atoms with Gasteiger partial charge in [0.15, 0.2) is 0 Å². The van der Waals surface area contributed by atoms with E-state index >= 15 is 0 Å². The predicted molar refractivity (Wildman–Crippen MR) is 113 cm³/mol. The number of aliphatic carboxylic acids is 1. The molecule has 1 aromatic heterocycles. The smallest absolute Gasteiger partial charge is 0.309 e. The first kappa shape index (κ1) is 20.8. The fourth-order valence-corrected chi connectivity index (χ4v) is 4.14. The largest absolute Gasteiger partial charge is 0.481 e. The van der Waals surface area contributed by atoms with E-state index in [1.807, 2.05) is 52.2 Å². The number of aliphatic imine (C=N–C) groups is 1. The Balaban J connectivity index is 1.82. The van der Waals surface area contributed by atoms with Crippen molar-refractivity contribution in [2.75, 3.05) is 5.32 Å². The number of nitrogens with one attached hydrogen (secondary N) is 1. The molecule has 1 fully saturated rings. The maximum atomic E-state index is 13.1. The molecule has 1 heterocycles. The summed E-state index contributed by atoms with van der Waals surface area (Å²) < 4.78 is 1.73. The normalized spacial score (nSPS) is 23.4. The van der Waals surface area contributed by atoms with Crippen molar-refractivity contribution in [3.05, 3.63) is 41.7 Å². The summed E-state index contributed by atoms with van der Waals surface area (Å²) in [6.45, 7) is 7.38. The number of amides is 1. The lowest BCUT2D eigenvalue weighted by Gasteiger charge is -2.37. The number of carboxylic acid groups (broad SMARTS) is 1. The lowest BCUT2D eigenvalue weighted by atomic mass is 9.65. The second kappa shape index (κ2) is 7.46. The van der Waals surface area contributed by atoms with E-state index in [0.29, 0.717) is 24.2 Å².